The van der Waals surface area contributed by atoms with E-state index in [-0.39, 0.29) is 12.0 Å². The van der Waals surface area contributed by atoms with E-state index in [1.165, 1.54) is 30.7 Å². The van der Waals surface area contributed by atoms with Gasteiger partial charge in [0.05, 0.1) is 24.2 Å². The molecule has 7 nitrogen and oxygen atoms in total. The zero-order chi connectivity index (χ0) is 27.7. The molecule has 1 aliphatic heterocycles. The molecule has 0 radical (unpaired) electrons. The van der Waals surface area contributed by atoms with E-state index in [0.29, 0.717) is 41.3 Å². The van der Waals surface area contributed by atoms with Crippen molar-refractivity contribution < 1.29 is 8.78 Å². The van der Waals surface area contributed by atoms with Crippen LogP contribution in [0.5, 0.6) is 0 Å². The Kier molecular flexibility index (Phi) is 6.94. The molecule has 0 N–H and O–H groups in total. The summed E-state index contributed by atoms with van der Waals surface area (Å²) in [6.45, 7) is 11.5. The van der Waals surface area contributed by atoms with Crippen LogP contribution in [0.4, 0.5) is 14.5 Å². The fourth-order valence-corrected chi connectivity index (χ4v) is 5.72. The summed E-state index contributed by atoms with van der Waals surface area (Å²) in [7, 11) is 1.67. The van der Waals surface area contributed by atoms with Gasteiger partial charge in [0.2, 0.25) is 0 Å². The van der Waals surface area contributed by atoms with Crippen LogP contribution in [0.1, 0.15) is 48.1 Å². The number of likely N-dealkylation sites (tertiary alicyclic amines) is 1. The molecule has 4 aromatic rings. The van der Waals surface area contributed by atoms with Crippen molar-refractivity contribution in [3.05, 3.63) is 106 Å². The van der Waals surface area contributed by atoms with E-state index < -0.39 is 17.4 Å². The predicted molar refractivity (Wildman–Crippen MR) is 143 cm³/mol. The molecule has 0 amide bonds. The van der Waals surface area contributed by atoms with Gasteiger partial charge in [0, 0.05) is 31.6 Å². The fourth-order valence-electron chi connectivity index (χ4n) is 5.72. The number of aromatic nitrogens is 4. The van der Waals surface area contributed by atoms with E-state index in [0.717, 1.165) is 11.1 Å². The van der Waals surface area contributed by atoms with Gasteiger partial charge in [-0.25, -0.2) is 18.3 Å². The average Bonchev–Trinajstić information content (AvgIpc) is 3.32. The van der Waals surface area contributed by atoms with Gasteiger partial charge in [-0.15, -0.1) is 5.10 Å². The molecular weight excluding hydrogens is 496 g/mol. The fraction of sp³-hybridized carbons (Fsp3) is 0.300. The Morgan fingerprint density at radius 1 is 1.05 bits per heavy atom. The minimum atomic E-state index is -1.62. The summed E-state index contributed by atoms with van der Waals surface area (Å²) in [5, 5.41) is 20.9. The van der Waals surface area contributed by atoms with Crippen molar-refractivity contribution in [2.75, 3.05) is 13.1 Å². The van der Waals surface area contributed by atoms with Crippen LogP contribution < -0.4 is 0 Å². The molecule has 196 valence electrons. The molecule has 1 aromatic heterocycles. The molecule has 39 heavy (non-hydrogen) atoms. The molecule has 2 heterocycles. The zero-order valence-corrected chi connectivity index (χ0v) is 21.9. The molecule has 2 atom stereocenters. The number of aryl methyl sites for hydroxylation is 1. The van der Waals surface area contributed by atoms with E-state index in [1.54, 1.807) is 31.3 Å². The van der Waals surface area contributed by atoms with Crippen LogP contribution in [0, 0.1) is 29.6 Å². The molecule has 0 saturated carbocycles. The molecular formula is C30H27F2N7. The Morgan fingerprint density at radius 3 is 2.41 bits per heavy atom. The molecule has 2 unspecified atom stereocenters. The molecule has 1 fully saturated rings. The second-order valence-corrected chi connectivity index (χ2v) is 10.5. The van der Waals surface area contributed by atoms with E-state index >= 15 is 4.39 Å². The van der Waals surface area contributed by atoms with Crippen LogP contribution in [0.15, 0.2) is 66.7 Å². The number of alkyl halides is 1. The maximum atomic E-state index is 15.8. The van der Waals surface area contributed by atoms with Crippen LogP contribution in [0.25, 0.3) is 16.2 Å². The first-order chi connectivity index (χ1) is 18.7. The third-order valence-electron chi connectivity index (χ3n) is 7.34. The van der Waals surface area contributed by atoms with Gasteiger partial charge < -0.3 is 0 Å². The molecule has 9 heteroatoms. The Balaban J connectivity index is 1.48. The first-order valence-electron chi connectivity index (χ1n) is 12.6. The van der Waals surface area contributed by atoms with Crippen LogP contribution in [-0.2, 0) is 7.05 Å². The zero-order valence-electron chi connectivity index (χ0n) is 21.9. The van der Waals surface area contributed by atoms with Crippen LogP contribution >= 0.6 is 0 Å². The van der Waals surface area contributed by atoms with Gasteiger partial charge in [0.1, 0.15) is 11.5 Å². The smallest absolute Gasteiger partial charge is 0.187 e. The quantitative estimate of drug-likeness (QED) is 0.278. The monoisotopic (exact) mass is 523 g/mol. The van der Waals surface area contributed by atoms with Gasteiger partial charge in [-0.1, -0.05) is 36.4 Å². The summed E-state index contributed by atoms with van der Waals surface area (Å²) in [5.41, 5.74) is 2.47. The van der Waals surface area contributed by atoms with E-state index in [1.807, 2.05) is 30.3 Å². The Hall–Kier alpha value is -4.47. The minimum absolute atomic E-state index is 0.0820. The highest BCUT2D eigenvalue weighted by atomic mass is 19.1. The Labute approximate surface area is 226 Å². The number of nitrogens with zero attached hydrogens (tertiary/aromatic N) is 7. The number of rotatable bonds is 7. The third-order valence-corrected chi connectivity index (χ3v) is 7.34. The van der Waals surface area contributed by atoms with Crippen molar-refractivity contribution in [2.45, 2.75) is 31.5 Å². The number of hydrogen-bond acceptors (Lipinski definition) is 5. The molecule has 3 aromatic carbocycles. The normalized spacial score (nSPS) is 15.7. The second kappa shape index (κ2) is 10.4. The van der Waals surface area contributed by atoms with Gasteiger partial charge in [0.15, 0.2) is 11.5 Å². The average molecular weight is 524 g/mol. The molecule has 0 spiro atoms. The Bertz CT molecular complexity index is 1570. The van der Waals surface area contributed by atoms with Crippen molar-refractivity contribution in [3.63, 3.8) is 0 Å². The summed E-state index contributed by atoms with van der Waals surface area (Å²) >= 11 is 0. The first kappa shape index (κ1) is 26.1. The van der Waals surface area contributed by atoms with Crippen LogP contribution in [-0.4, -0.2) is 43.9 Å². The van der Waals surface area contributed by atoms with Crippen LogP contribution in [0.3, 0.4) is 0 Å². The predicted octanol–water partition coefficient (Wildman–Crippen LogP) is 5.99. The van der Waals surface area contributed by atoms with Crippen molar-refractivity contribution >= 4 is 5.69 Å². The van der Waals surface area contributed by atoms with Crippen molar-refractivity contribution in [3.8, 4) is 17.5 Å². The number of halogens is 2. The van der Waals surface area contributed by atoms with Crippen LogP contribution in [0.2, 0.25) is 0 Å². The van der Waals surface area contributed by atoms with Gasteiger partial charge in [-0.05, 0) is 77.2 Å². The highest BCUT2D eigenvalue weighted by Gasteiger charge is 2.45. The molecule has 1 saturated heterocycles. The van der Waals surface area contributed by atoms with E-state index in [4.69, 9.17) is 6.57 Å². The molecule has 5 rings (SSSR count). The maximum Gasteiger partial charge on any atom is 0.187 e. The minimum Gasteiger partial charge on any atom is -0.292 e. The van der Waals surface area contributed by atoms with Crippen molar-refractivity contribution in [2.24, 2.45) is 13.0 Å². The lowest BCUT2D eigenvalue weighted by molar-refractivity contribution is 0.00814. The molecule has 0 bridgehead atoms. The van der Waals surface area contributed by atoms with Gasteiger partial charge in [-0.3, -0.25) is 4.90 Å². The van der Waals surface area contributed by atoms with Crippen molar-refractivity contribution in [1.82, 2.24) is 25.1 Å². The summed E-state index contributed by atoms with van der Waals surface area (Å²) in [6.07, 6.45) is 0. The van der Waals surface area contributed by atoms with Gasteiger partial charge in [0.25, 0.3) is 0 Å². The summed E-state index contributed by atoms with van der Waals surface area (Å²) in [6, 6.07) is 21.4. The molecule has 1 aliphatic rings. The molecule has 0 aliphatic carbocycles. The highest BCUT2D eigenvalue weighted by molar-refractivity contribution is 5.57. The Morgan fingerprint density at radius 2 is 1.79 bits per heavy atom. The van der Waals surface area contributed by atoms with Crippen molar-refractivity contribution in [1.29, 1.82) is 5.26 Å². The number of hydrogen-bond donors (Lipinski definition) is 0. The van der Waals surface area contributed by atoms with E-state index in [9.17, 15) is 9.65 Å². The summed E-state index contributed by atoms with van der Waals surface area (Å²) < 4.78 is 32.1. The maximum absolute atomic E-state index is 15.8. The lowest BCUT2D eigenvalue weighted by atomic mass is 9.72. The summed E-state index contributed by atoms with van der Waals surface area (Å²) in [5.74, 6) is -0.717. The lowest BCUT2D eigenvalue weighted by Gasteiger charge is -2.50. The second-order valence-electron chi connectivity index (χ2n) is 10.5. The third kappa shape index (κ3) is 5.27. The standard InChI is InChI=1S/C30H27F2N7/c1-30(2,32)27(22-13-23(15-25(31)14-22)29-35-36-37-38(29)4)24-17-39(18-24)28(20-8-10-26(34-3)11-9-20)21-7-5-6-19(12-21)16-33/h5-15,24,27-28H,17-18H2,1-2,4H3. The van der Waals surface area contributed by atoms with Gasteiger partial charge in [-0.2, -0.15) is 5.26 Å². The summed E-state index contributed by atoms with van der Waals surface area (Å²) in [4.78, 5) is 5.73. The SMILES string of the molecule is [C-]#[N+]c1ccc(C(c2cccc(C#N)c2)N2CC(C(c3cc(F)cc(-c4nnnn4C)c3)C(C)(C)F)C2)cc1. The lowest BCUT2D eigenvalue weighted by Crippen LogP contribution is -2.53. The topological polar surface area (TPSA) is 75.0 Å². The largest absolute Gasteiger partial charge is 0.292 e. The highest BCUT2D eigenvalue weighted by Crippen LogP contribution is 2.46. The van der Waals surface area contributed by atoms with E-state index in [2.05, 4.69) is 31.3 Å². The number of nitriles is 1. The number of benzene rings is 3. The van der Waals surface area contributed by atoms with Gasteiger partial charge >= 0.3 is 0 Å². The first-order valence-corrected chi connectivity index (χ1v) is 12.6. The number of tetrazole rings is 1.